The van der Waals surface area contributed by atoms with E-state index < -0.39 is 31.0 Å². The van der Waals surface area contributed by atoms with Gasteiger partial charge in [-0.3, -0.25) is 0 Å². The largest absolute Gasteiger partial charge is 0.395 e. The highest BCUT2D eigenvalue weighted by Crippen LogP contribution is 2.11. The fraction of sp³-hybridized carbons (Fsp3) is 0.889. The van der Waals surface area contributed by atoms with Crippen LogP contribution in [-0.2, 0) is 0 Å². The number of aliphatic hydroxyl groups is 4. The fourth-order valence-corrected chi connectivity index (χ4v) is 2.49. The van der Waals surface area contributed by atoms with Crippen molar-refractivity contribution in [2.24, 2.45) is 5.73 Å². The van der Waals surface area contributed by atoms with E-state index in [2.05, 4.69) is 6.92 Å². The van der Waals surface area contributed by atoms with Crippen LogP contribution in [0.25, 0.3) is 0 Å². The third kappa shape index (κ3) is 11.7. The summed E-state index contributed by atoms with van der Waals surface area (Å²) in [5.41, 5.74) is 5.42. The van der Waals surface area contributed by atoms with Crippen molar-refractivity contribution in [3.63, 3.8) is 0 Å². The van der Waals surface area contributed by atoms with Gasteiger partial charge >= 0.3 is 0 Å². The van der Waals surface area contributed by atoms with Gasteiger partial charge in [0.2, 0.25) is 0 Å². The first-order chi connectivity index (χ1) is 11.0. The Kier molecular flexibility index (Phi) is 14.8. The molecular formula is C18H37NO4. The van der Waals surface area contributed by atoms with Crippen molar-refractivity contribution in [1.82, 2.24) is 0 Å². The van der Waals surface area contributed by atoms with Gasteiger partial charge in [-0.25, -0.2) is 0 Å². The Labute approximate surface area is 141 Å². The van der Waals surface area contributed by atoms with Gasteiger partial charge in [0.25, 0.3) is 0 Å². The molecule has 0 fully saturated rings. The Hall–Kier alpha value is -0.460. The van der Waals surface area contributed by atoms with Gasteiger partial charge in [-0.15, -0.1) is 0 Å². The number of unbranched alkanes of at least 4 members (excludes halogenated alkanes) is 9. The first-order valence-electron chi connectivity index (χ1n) is 9.11. The molecule has 138 valence electrons. The minimum atomic E-state index is -1.38. The zero-order valence-corrected chi connectivity index (χ0v) is 14.6. The van der Waals surface area contributed by atoms with E-state index in [0.29, 0.717) is 0 Å². The molecule has 0 saturated carbocycles. The molecule has 5 heteroatoms. The lowest BCUT2D eigenvalue weighted by molar-refractivity contribution is -0.0570. The molecule has 0 unspecified atom stereocenters. The van der Waals surface area contributed by atoms with Crippen molar-refractivity contribution >= 4 is 0 Å². The van der Waals surface area contributed by atoms with Crippen molar-refractivity contribution < 1.29 is 20.4 Å². The molecule has 0 aromatic rings. The number of allylic oxidation sites excluding steroid dienone is 1. The van der Waals surface area contributed by atoms with Crippen molar-refractivity contribution in [2.45, 2.75) is 95.5 Å². The standard InChI is InChI=1S/C18H37NO4/c1-2-3-4-5-6-7-8-9-10-11-12-13-16(21)18(23)17(22)15(19)14-20/h12-13,15-18,20-23H,2-11,14,19H2,1H3/b13-12+/t15-,16-,17-,18+/m0/s1. The smallest absolute Gasteiger partial charge is 0.111 e. The first kappa shape index (κ1) is 22.5. The second-order valence-corrected chi connectivity index (χ2v) is 6.36. The Morgan fingerprint density at radius 3 is 1.87 bits per heavy atom. The maximum Gasteiger partial charge on any atom is 0.111 e. The lowest BCUT2D eigenvalue weighted by atomic mass is 10.0. The average Bonchev–Trinajstić information content (AvgIpc) is 2.57. The summed E-state index contributed by atoms with van der Waals surface area (Å²) in [5, 5.41) is 37.9. The number of hydrogen-bond acceptors (Lipinski definition) is 5. The number of aliphatic hydroxyl groups excluding tert-OH is 4. The van der Waals surface area contributed by atoms with Gasteiger partial charge in [0, 0.05) is 0 Å². The van der Waals surface area contributed by atoms with Gasteiger partial charge in [0.15, 0.2) is 0 Å². The molecule has 0 rings (SSSR count). The van der Waals surface area contributed by atoms with E-state index >= 15 is 0 Å². The van der Waals surface area contributed by atoms with Crippen LogP contribution in [0.2, 0.25) is 0 Å². The lowest BCUT2D eigenvalue weighted by Gasteiger charge is -2.24. The monoisotopic (exact) mass is 331 g/mol. The highest BCUT2D eigenvalue weighted by Gasteiger charge is 2.27. The summed E-state index contributed by atoms with van der Waals surface area (Å²) in [7, 11) is 0. The minimum absolute atomic E-state index is 0.437. The van der Waals surface area contributed by atoms with E-state index in [0.717, 1.165) is 12.8 Å². The second kappa shape index (κ2) is 15.1. The number of rotatable bonds is 15. The minimum Gasteiger partial charge on any atom is -0.395 e. The van der Waals surface area contributed by atoms with Crippen LogP contribution in [0.15, 0.2) is 12.2 Å². The predicted octanol–water partition coefficient (Wildman–Crippen LogP) is 1.87. The van der Waals surface area contributed by atoms with E-state index in [1.54, 1.807) is 0 Å². The van der Waals surface area contributed by atoms with Crippen LogP contribution in [0.1, 0.15) is 71.1 Å². The summed E-state index contributed by atoms with van der Waals surface area (Å²) in [5.74, 6) is 0. The summed E-state index contributed by atoms with van der Waals surface area (Å²) >= 11 is 0. The summed E-state index contributed by atoms with van der Waals surface area (Å²) < 4.78 is 0. The van der Waals surface area contributed by atoms with Gasteiger partial charge in [0.1, 0.15) is 18.3 Å². The van der Waals surface area contributed by atoms with E-state index in [4.69, 9.17) is 10.8 Å². The van der Waals surface area contributed by atoms with Crippen molar-refractivity contribution in [2.75, 3.05) is 6.61 Å². The quantitative estimate of drug-likeness (QED) is 0.233. The molecule has 6 N–H and O–H groups in total. The number of hydrogen-bond donors (Lipinski definition) is 5. The van der Waals surface area contributed by atoms with Crippen molar-refractivity contribution in [1.29, 1.82) is 0 Å². The second-order valence-electron chi connectivity index (χ2n) is 6.36. The zero-order valence-electron chi connectivity index (χ0n) is 14.6. The normalized spacial score (nSPS) is 17.3. The molecule has 0 radical (unpaired) electrons. The molecule has 0 aromatic carbocycles. The van der Waals surface area contributed by atoms with Crippen LogP contribution in [0.4, 0.5) is 0 Å². The summed E-state index contributed by atoms with van der Waals surface area (Å²) in [4.78, 5) is 0. The van der Waals surface area contributed by atoms with Gasteiger partial charge in [-0.1, -0.05) is 70.4 Å². The van der Waals surface area contributed by atoms with Crippen LogP contribution in [-0.4, -0.2) is 51.4 Å². The first-order valence-corrected chi connectivity index (χ1v) is 9.11. The summed E-state index contributed by atoms with van der Waals surface area (Å²) in [6.07, 6.45) is 11.7. The van der Waals surface area contributed by atoms with E-state index in [9.17, 15) is 15.3 Å². The number of nitrogens with two attached hydrogens (primary N) is 1. The maximum atomic E-state index is 9.74. The molecule has 0 aliphatic carbocycles. The molecule has 5 nitrogen and oxygen atoms in total. The molecule has 0 spiro atoms. The molecule has 0 saturated heterocycles. The van der Waals surface area contributed by atoms with Gasteiger partial charge in [0.05, 0.1) is 12.6 Å². The summed E-state index contributed by atoms with van der Waals surface area (Å²) in [6, 6.07) is -0.953. The van der Waals surface area contributed by atoms with Crippen molar-refractivity contribution in [3.8, 4) is 0 Å². The predicted molar refractivity (Wildman–Crippen MR) is 94.1 cm³/mol. The molecule has 0 heterocycles. The topological polar surface area (TPSA) is 107 Å². The van der Waals surface area contributed by atoms with Gasteiger partial charge in [-0.05, 0) is 12.8 Å². The average molecular weight is 331 g/mol. The maximum absolute atomic E-state index is 9.74. The van der Waals surface area contributed by atoms with Crippen molar-refractivity contribution in [3.05, 3.63) is 12.2 Å². The highest BCUT2D eigenvalue weighted by atomic mass is 16.4. The van der Waals surface area contributed by atoms with Gasteiger partial charge < -0.3 is 26.2 Å². The SMILES string of the molecule is CCCCCCCCCCC/C=C/[C@H](O)[C@@H](O)[C@@H](O)[C@@H](N)CO. The molecule has 0 bridgehead atoms. The highest BCUT2D eigenvalue weighted by molar-refractivity contribution is 4.96. The van der Waals surface area contributed by atoms with Crippen LogP contribution in [0.3, 0.4) is 0 Å². The van der Waals surface area contributed by atoms with E-state index in [-0.39, 0.29) is 0 Å². The van der Waals surface area contributed by atoms with Crippen LogP contribution in [0.5, 0.6) is 0 Å². The Morgan fingerprint density at radius 1 is 0.826 bits per heavy atom. The lowest BCUT2D eigenvalue weighted by Crippen LogP contribution is -2.49. The molecule has 0 aliphatic rings. The Bertz CT molecular complexity index is 286. The van der Waals surface area contributed by atoms with Crippen LogP contribution >= 0.6 is 0 Å². The molecule has 4 atom stereocenters. The summed E-state index contributed by atoms with van der Waals surface area (Å²) in [6.45, 7) is 1.79. The molecule has 0 amide bonds. The Morgan fingerprint density at radius 2 is 1.35 bits per heavy atom. The molecular weight excluding hydrogens is 294 g/mol. The van der Waals surface area contributed by atoms with E-state index in [1.165, 1.54) is 57.4 Å². The molecule has 23 heavy (non-hydrogen) atoms. The van der Waals surface area contributed by atoms with E-state index in [1.807, 2.05) is 6.08 Å². The zero-order chi connectivity index (χ0) is 17.5. The molecule has 0 aromatic heterocycles. The third-order valence-electron chi connectivity index (χ3n) is 4.16. The van der Waals surface area contributed by atoms with Crippen LogP contribution in [0, 0.1) is 0 Å². The van der Waals surface area contributed by atoms with Gasteiger partial charge in [-0.2, -0.15) is 0 Å². The fourth-order valence-electron chi connectivity index (χ4n) is 2.49. The van der Waals surface area contributed by atoms with Crippen LogP contribution < -0.4 is 5.73 Å². The Balaban J connectivity index is 3.62. The molecule has 0 aliphatic heterocycles. The third-order valence-corrected chi connectivity index (χ3v) is 4.16.